The molecule has 1 aromatic carbocycles. The summed E-state index contributed by atoms with van der Waals surface area (Å²) in [5.74, 6) is 1.80. The van der Waals surface area contributed by atoms with Gasteiger partial charge in [0.15, 0.2) is 0 Å². The number of aliphatic hydroxyl groups excluding tert-OH is 1. The van der Waals surface area contributed by atoms with E-state index in [0.29, 0.717) is 0 Å². The van der Waals surface area contributed by atoms with Gasteiger partial charge in [-0.2, -0.15) is 0 Å². The molecular formula is C15H20N2O2. The predicted molar refractivity (Wildman–Crippen MR) is 77.6 cm³/mol. The number of anilines is 1. The third-order valence-corrected chi connectivity index (χ3v) is 3.48. The molecule has 0 aliphatic carbocycles. The van der Waals surface area contributed by atoms with Crippen molar-refractivity contribution in [2.45, 2.75) is 19.9 Å². The van der Waals surface area contributed by atoms with Crippen molar-refractivity contribution in [3.63, 3.8) is 0 Å². The minimum atomic E-state index is 0.148. The van der Waals surface area contributed by atoms with Crippen LogP contribution in [0.25, 0.3) is 10.8 Å². The molecule has 0 fully saturated rings. The molecule has 2 aromatic rings. The quantitative estimate of drug-likeness (QED) is 0.868. The molecule has 1 aromatic heterocycles. The zero-order valence-electron chi connectivity index (χ0n) is 11.6. The summed E-state index contributed by atoms with van der Waals surface area (Å²) in [4.78, 5) is 4.39. The molecule has 4 nitrogen and oxygen atoms in total. The Kier molecular flexibility index (Phi) is 4.22. The number of nitrogens with zero attached hydrogens (tertiary/aromatic N) is 1. The molecule has 19 heavy (non-hydrogen) atoms. The Morgan fingerprint density at radius 1 is 1.32 bits per heavy atom. The van der Waals surface area contributed by atoms with Gasteiger partial charge in [-0.05, 0) is 36.4 Å². The van der Waals surface area contributed by atoms with Crippen LogP contribution in [0.2, 0.25) is 0 Å². The van der Waals surface area contributed by atoms with Gasteiger partial charge < -0.3 is 15.2 Å². The summed E-state index contributed by atoms with van der Waals surface area (Å²) in [6.07, 6.45) is 1.79. The topological polar surface area (TPSA) is 54.4 Å². The molecule has 0 amide bonds. The standard InChI is InChI=1S/C15H20N2O2/c1-10(9-18)11(2)17-15-14-8-13(19-3)5-4-12(14)6-7-16-15/h4-8,10-11,18H,9H2,1-3H3,(H,16,17). The van der Waals surface area contributed by atoms with Crippen LogP contribution in [0.1, 0.15) is 13.8 Å². The highest BCUT2D eigenvalue weighted by atomic mass is 16.5. The average molecular weight is 260 g/mol. The fraction of sp³-hybridized carbons (Fsp3) is 0.400. The fourth-order valence-electron chi connectivity index (χ4n) is 1.91. The van der Waals surface area contributed by atoms with Gasteiger partial charge in [-0.1, -0.05) is 13.0 Å². The van der Waals surface area contributed by atoms with Crippen LogP contribution in [-0.4, -0.2) is 29.8 Å². The smallest absolute Gasteiger partial charge is 0.134 e. The molecule has 0 radical (unpaired) electrons. The number of hydrogen-bond donors (Lipinski definition) is 2. The van der Waals surface area contributed by atoms with E-state index >= 15 is 0 Å². The van der Waals surface area contributed by atoms with Crippen LogP contribution >= 0.6 is 0 Å². The van der Waals surface area contributed by atoms with Crippen LogP contribution in [-0.2, 0) is 0 Å². The summed E-state index contributed by atoms with van der Waals surface area (Å²) in [6, 6.07) is 8.04. The van der Waals surface area contributed by atoms with Gasteiger partial charge in [-0.15, -0.1) is 0 Å². The molecular weight excluding hydrogens is 240 g/mol. The molecule has 0 saturated heterocycles. The molecule has 2 N–H and O–H groups in total. The van der Waals surface area contributed by atoms with E-state index in [9.17, 15) is 5.11 Å². The number of hydrogen-bond acceptors (Lipinski definition) is 4. The van der Waals surface area contributed by atoms with Crippen molar-refractivity contribution in [2.75, 3.05) is 19.0 Å². The first-order valence-corrected chi connectivity index (χ1v) is 6.46. The number of ether oxygens (including phenoxy) is 1. The SMILES string of the molecule is COc1ccc2ccnc(NC(C)C(C)CO)c2c1. The van der Waals surface area contributed by atoms with Crippen LogP contribution in [0.3, 0.4) is 0 Å². The lowest BCUT2D eigenvalue weighted by molar-refractivity contribution is 0.226. The normalized spacial score (nSPS) is 14.1. The number of aromatic nitrogens is 1. The Balaban J connectivity index is 2.36. The minimum Gasteiger partial charge on any atom is -0.497 e. The van der Waals surface area contributed by atoms with Gasteiger partial charge in [-0.3, -0.25) is 0 Å². The van der Waals surface area contributed by atoms with Gasteiger partial charge in [-0.25, -0.2) is 4.98 Å². The summed E-state index contributed by atoms with van der Waals surface area (Å²) in [5.41, 5.74) is 0. The predicted octanol–water partition coefficient (Wildman–Crippen LogP) is 2.67. The van der Waals surface area contributed by atoms with Crippen LogP contribution in [0.15, 0.2) is 30.5 Å². The van der Waals surface area contributed by atoms with E-state index in [0.717, 1.165) is 22.3 Å². The molecule has 2 rings (SSSR count). The third-order valence-electron chi connectivity index (χ3n) is 3.48. The van der Waals surface area contributed by atoms with Gasteiger partial charge in [0.2, 0.25) is 0 Å². The molecule has 102 valence electrons. The number of benzene rings is 1. The molecule has 4 heteroatoms. The van der Waals surface area contributed by atoms with E-state index in [4.69, 9.17) is 4.74 Å². The first-order chi connectivity index (χ1) is 9.15. The fourth-order valence-corrected chi connectivity index (χ4v) is 1.91. The summed E-state index contributed by atoms with van der Waals surface area (Å²) < 4.78 is 5.26. The number of nitrogens with one attached hydrogen (secondary N) is 1. The van der Waals surface area contributed by atoms with Gasteiger partial charge in [0.25, 0.3) is 0 Å². The van der Waals surface area contributed by atoms with Crippen molar-refractivity contribution in [3.05, 3.63) is 30.5 Å². The van der Waals surface area contributed by atoms with Crippen LogP contribution < -0.4 is 10.1 Å². The third kappa shape index (κ3) is 2.96. The molecule has 0 saturated carbocycles. The highest BCUT2D eigenvalue weighted by Crippen LogP contribution is 2.26. The number of methoxy groups -OCH3 is 1. The van der Waals surface area contributed by atoms with Crippen LogP contribution in [0.4, 0.5) is 5.82 Å². The van der Waals surface area contributed by atoms with Crippen molar-refractivity contribution in [3.8, 4) is 5.75 Å². The molecule has 1 heterocycles. The zero-order chi connectivity index (χ0) is 13.8. The Hall–Kier alpha value is -1.81. The van der Waals surface area contributed by atoms with Crippen molar-refractivity contribution in [2.24, 2.45) is 5.92 Å². The van der Waals surface area contributed by atoms with Crippen molar-refractivity contribution in [1.82, 2.24) is 4.98 Å². The van der Waals surface area contributed by atoms with E-state index in [-0.39, 0.29) is 18.6 Å². The number of rotatable bonds is 5. The molecule has 0 aliphatic heterocycles. The Labute approximate surface area is 113 Å². The second kappa shape index (κ2) is 5.89. The lowest BCUT2D eigenvalue weighted by atomic mass is 10.0. The van der Waals surface area contributed by atoms with E-state index in [1.807, 2.05) is 38.1 Å². The maximum absolute atomic E-state index is 9.20. The maximum Gasteiger partial charge on any atom is 0.134 e. The lowest BCUT2D eigenvalue weighted by Crippen LogP contribution is -2.26. The molecule has 0 aliphatic rings. The van der Waals surface area contributed by atoms with Gasteiger partial charge >= 0.3 is 0 Å². The second-order valence-corrected chi connectivity index (χ2v) is 4.84. The summed E-state index contributed by atoms with van der Waals surface area (Å²) in [7, 11) is 1.65. The highest BCUT2D eigenvalue weighted by molar-refractivity contribution is 5.92. The summed E-state index contributed by atoms with van der Waals surface area (Å²) in [6.45, 7) is 4.20. The molecule has 0 spiro atoms. The Morgan fingerprint density at radius 3 is 2.79 bits per heavy atom. The van der Waals surface area contributed by atoms with E-state index in [1.165, 1.54) is 0 Å². The summed E-state index contributed by atoms with van der Waals surface area (Å²) >= 11 is 0. The highest BCUT2D eigenvalue weighted by Gasteiger charge is 2.13. The monoisotopic (exact) mass is 260 g/mol. The lowest BCUT2D eigenvalue weighted by Gasteiger charge is -2.20. The van der Waals surface area contributed by atoms with Crippen LogP contribution in [0, 0.1) is 5.92 Å². The zero-order valence-corrected chi connectivity index (χ0v) is 11.6. The van der Waals surface area contributed by atoms with Gasteiger partial charge in [0, 0.05) is 24.2 Å². The average Bonchev–Trinajstić information content (AvgIpc) is 2.46. The van der Waals surface area contributed by atoms with Crippen molar-refractivity contribution < 1.29 is 9.84 Å². The second-order valence-electron chi connectivity index (χ2n) is 4.84. The number of pyridine rings is 1. The Morgan fingerprint density at radius 2 is 2.11 bits per heavy atom. The van der Waals surface area contributed by atoms with Crippen LogP contribution in [0.5, 0.6) is 5.75 Å². The maximum atomic E-state index is 9.20. The molecule has 0 bridgehead atoms. The van der Waals surface area contributed by atoms with Gasteiger partial charge in [0.05, 0.1) is 7.11 Å². The minimum absolute atomic E-state index is 0.148. The molecule has 2 atom stereocenters. The van der Waals surface area contributed by atoms with Gasteiger partial charge in [0.1, 0.15) is 11.6 Å². The van der Waals surface area contributed by atoms with E-state index in [2.05, 4.69) is 10.3 Å². The first kappa shape index (κ1) is 13.6. The van der Waals surface area contributed by atoms with Crippen molar-refractivity contribution in [1.29, 1.82) is 0 Å². The number of aliphatic hydroxyl groups is 1. The molecule has 2 unspecified atom stereocenters. The van der Waals surface area contributed by atoms with Crippen molar-refractivity contribution >= 4 is 16.6 Å². The van der Waals surface area contributed by atoms with E-state index < -0.39 is 0 Å². The first-order valence-electron chi connectivity index (χ1n) is 6.46. The Bertz CT molecular complexity index is 557. The summed E-state index contributed by atoms with van der Waals surface area (Å²) in [5, 5.41) is 14.7. The van der Waals surface area contributed by atoms with E-state index in [1.54, 1.807) is 13.3 Å². The number of fused-ring (bicyclic) bond motifs is 1. The largest absolute Gasteiger partial charge is 0.497 e.